The summed E-state index contributed by atoms with van der Waals surface area (Å²) >= 11 is 6.27. The summed E-state index contributed by atoms with van der Waals surface area (Å²) in [6.45, 7) is 3.29. The Morgan fingerprint density at radius 1 is 1.38 bits per heavy atom. The quantitative estimate of drug-likeness (QED) is 0.659. The zero-order valence-corrected chi connectivity index (χ0v) is 15.6. The highest BCUT2D eigenvalue weighted by atomic mass is 35.5. The predicted molar refractivity (Wildman–Crippen MR) is 102 cm³/mol. The molecule has 0 bridgehead atoms. The van der Waals surface area contributed by atoms with Crippen LogP contribution in [0.3, 0.4) is 0 Å². The van der Waals surface area contributed by atoms with Crippen LogP contribution in [0.2, 0.25) is 5.02 Å². The van der Waals surface area contributed by atoms with Gasteiger partial charge in [0.15, 0.2) is 6.61 Å². The van der Waals surface area contributed by atoms with E-state index in [1.807, 2.05) is 13.1 Å². The van der Waals surface area contributed by atoms with Crippen LogP contribution in [-0.2, 0) is 9.53 Å². The van der Waals surface area contributed by atoms with Crippen LogP contribution in [0, 0.1) is 11.8 Å². The molecule has 0 atom stereocenters. The molecule has 1 saturated heterocycles. The molecule has 1 N–H and O–H groups in total. The van der Waals surface area contributed by atoms with Gasteiger partial charge in [-0.25, -0.2) is 4.98 Å². The normalized spacial score (nSPS) is 14.8. The van der Waals surface area contributed by atoms with E-state index in [2.05, 4.69) is 27.0 Å². The number of hydrogen-bond acceptors (Lipinski definition) is 6. The molecule has 7 heteroatoms. The smallest absolute Gasteiger partial charge is 0.303 e. The highest BCUT2D eigenvalue weighted by Gasteiger charge is 2.19. The minimum absolute atomic E-state index is 0.0375. The van der Waals surface area contributed by atoms with E-state index in [4.69, 9.17) is 21.3 Å². The Hall–Kier alpha value is -2.36. The molecule has 1 fully saturated rings. The van der Waals surface area contributed by atoms with Gasteiger partial charge < -0.3 is 15.0 Å². The van der Waals surface area contributed by atoms with Gasteiger partial charge >= 0.3 is 5.97 Å². The van der Waals surface area contributed by atoms with Crippen LogP contribution in [0.5, 0.6) is 0 Å². The van der Waals surface area contributed by atoms with Crippen molar-refractivity contribution >= 4 is 34.4 Å². The maximum atomic E-state index is 10.8. The number of aromatic nitrogens is 2. The second kappa shape index (κ2) is 8.35. The van der Waals surface area contributed by atoms with Gasteiger partial charge in [0.25, 0.3) is 0 Å². The average Bonchev–Trinajstić information content (AvgIpc) is 2.65. The lowest BCUT2D eigenvalue weighted by Crippen LogP contribution is -2.41. The zero-order chi connectivity index (χ0) is 18.5. The fraction of sp³-hybridized carbons (Fsp3) is 0.421. The third kappa shape index (κ3) is 4.43. The number of halogens is 1. The van der Waals surface area contributed by atoms with Crippen molar-refractivity contribution in [2.24, 2.45) is 0 Å². The lowest BCUT2D eigenvalue weighted by molar-refractivity contribution is -0.139. The first-order chi connectivity index (χ1) is 12.6. The summed E-state index contributed by atoms with van der Waals surface area (Å²) in [7, 11) is 2.00. The molecule has 1 aliphatic rings. The summed E-state index contributed by atoms with van der Waals surface area (Å²) in [6.07, 6.45) is 3.97. The first-order valence-corrected chi connectivity index (χ1v) is 8.95. The fourth-order valence-electron chi connectivity index (χ4n) is 2.94. The first kappa shape index (κ1) is 18.4. The first-order valence-electron chi connectivity index (χ1n) is 8.57. The van der Waals surface area contributed by atoms with Gasteiger partial charge in [-0.2, -0.15) is 0 Å². The summed E-state index contributed by atoms with van der Waals surface area (Å²) in [5.41, 5.74) is 2.13. The van der Waals surface area contributed by atoms with Crippen LogP contribution in [0.4, 0.5) is 5.82 Å². The van der Waals surface area contributed by atoms with E-state index in [0.29, 0.717) is 16.6 Å². The second-order valence-corrected chi connectivity index (χ2v) is 6.59. The van der Waals surface area contributed by atoms with Gasteiger partial charge in [-0.1, -0.05) is 23.4 Å². The van der Waals surface area contributed by atoms with Crippen molar-refractivity contribution in [3.8, 4) is 11.8 Å². The van der Waals surface area contributed by atoms with Crippen LogP contribution in [0.15, 0.2) is 18.3 Å². The molecule has 136 valence electrons. The van der Waals surface area contributed by atoms with E-state index in [-0.39, 0.29) is 12.6 Å². The molecule has 0 unspecified atom stereocenters. The molecule has 1 aliphatic heterocycles. The number of benzene rings is 1. The number of ether oxygens (including phenoxy) is 1. The van der Waals surface area contributed by atoms with Crippen molar-refractivity contribution in [2.45, 2.75) is 25.8 Å². The van der Waals surface area contributed by atoms with Crippen molar-refractivity contribution in [3.05, 3.63) is 28.9 Å². The largest absolute Gasteiger partial charge is 0.453 e. The van der Waals surface area contributed by atoms with Gasteiger partial charge in [-0.05, 0) is 32.0 Å². The highest BCUT2D eigenvalue weighted by molar-refractivity contribution is 6.32. The Bertz CT molecular complexity index is 867. The van der Waals surface area contributed by atoms with Crippen LogP contribution in [-0.4, -0.2) is 48.7 Å². The molecule has 0 spiro atoms. The predicted octanol–water partition coefficient (Wildman–Crippen LogP) is 2.39. The fourth-order valence-corrected chi connectivity index (χ4v) is 3.14. The molecule has 3 rings (SSSR count). The summed E-state index contributed by atoms with van der Waals surface area (Å²) in [5.74, 6) is 6.22. The molecule has 26 heavy (non-hydrogen) atoms. The standard InChI is InChI=1S/C19H21ClN4O2/c1-13(25)26-9-3-4-14-10-18-17(11-16(14)20)22-12-19(23-18)24-7-5-15(21-2)6-8-24/h10-12,15,21H,5-9H2,1-2H3. The Morgan fingerprint density at radius 2 is 2.15 bits per heavy atom. The number of nitrogens with one attached hydrogen (secondary N) is 1. The number of piperidine rings is 1. The van der Waals surface area contributed by atoms with E-state index >= 15 is 0 Å². The number of rotatable bonds is 3. The lowest BCUT2D eigenvalue weighted by Gasteiger charge is -2.32. The minimum Gasteiger partial charge on any atom is -0.453 e. The third-order valence-electron chi connectivity index (χ3n) is 4.42. The number of nitrogens with zero attached hydrogens (tertiary/aromatic N) is 3. The van der Waals surface area contributed by atoms with E-state index < -0.39 is 0 Å². The van der Waals surface area contributed by atoms with Gasteiger partial charge in [0.2, 0.25) is 0 Å². The number of esters is 1. The third-order valence-corrected chi connectivity index (χ3v) is 4.73. The second-order valence-electron chi connectivity index (χ2n) is 6.18. The summed E-state index contributed by atoms with van der Waals surface area (Å²) < 4.78 is 4.81. The van der Waals surface area contributed by atoms with Crippen molar-refractivity contribution in [3.63, 3.8) is 0 Å². The highest BCUT2D eigenvalue weighted by Crippen LogP contribution is 2.24. The molecule has 2 heterocycles. The van der Waals surface area contributed by atoms with Gasteiger partial charge in [0.1, 0.15) is 5.82 Å². The van der Waals surface area contributed by atoms with Gasteiger partial charge in [-0.15, -0.1) is 0 Å². The van der Waals surface area contributed by atoms with Gasteiger partial charge in [-0.3, -0.25) is 9.78 Å². The van der Waals surface area contributed by atoms with Gasteiger partial charge in [0.05, 0.1) is 22.3 Å². The van der Waals surface area contributed by atoms with E-state index in [9.17, 15) is 4.79 Å². The molecule has 0 aliphatic carbocycles. The summed E-state index contributed by atoms with van der Waals surface area (Å²) in [4.78, 5) is 22.3. The molecule has 0 amide bonds. The monoisotopic (exact) mass is 372 g/mol. The Labute approximate surface area is 157 Å². The number of carbonyl (C=O) groups excluding carboxylic acids is 1. The van der Waals surface area contributed by atoms with Gasteiger partial charge in [0, 0.05) is 31.6 Å². The number of fused-ring (bicyclic) bond motifs is 1. The van der Waals surface area contributed by atoms with Crippen molar-refractivity contribution in [2.75, 3.05) is 31.6 Å². The molecule has 1 aromatic carbocycles. The maximum absolute atomic E-state index is 10.8. The Morgan fingerprint density at radius 3 is 2.85 bits per heavy atom. The molecular formula is C19H21ClN4O2. The van der Waals surface area contributed by atoms with Crippen molar-refractivity contribution < 1.29 is 9.53 Å². The van der Waals surface area contributed by atoms with Crippen LogP contribution >= 0.6 is 11.6 Å². The Kier molecular flexibility index (Phi) is 5.92. The van der Waals surface area contributed by atoms with Crippen LogP contribution < -0.4 is 10.2 Å². The SMILES string of the molecule is CNC1CCN(c2cnc3cc(Cl)c(C#CCOC(C)=O)cc3n2)CC1. The zero-order valence-electron chi connectivity index (χ0n) is 14.9. The van der Waals surface area contributed by atoms with Crippen LogP contribution in [0.25, 0.3) is 11.0 Å². The summed E-state index contributed by atoms with van der Waals surface area (Å²) in [6, 6.07) is 4.16. The number of anilines is 1. The average molecular weight is 373 g/mol. The van der Waals surface area contributed by atoms with E-state index in [0.717, 1.165) is 42.8 Å². The molecule has 2 aromatic rings. The number of hydrogen-bond donors (Lipinski definition) is 1. The molecule has 6 nitrogen and oxygen atoms in total. The Balaban J connectivity index is 1.82. The van der Waals surface area contributed by atoms with Crippen molar-refractivity contribution in [1.82, 2.24) is 15.3 Å². The van der Waals surface area contributed by atoms with Crippen LogP contribution in [0.1, 0.15) is 25.3 Å². The van der Waals surface area contributed by atoms with E-state index in [1.165, 1.54) is 6.92 Å². The summed E-state index contributed by atoms with van der Waals surface area (Å²) in [5, 5.41) is 3.83. The number of carbonyl (C=O) groups is 1. The molecular weight excluding hydrogens is 352 g/mol. The van der Waals surface area contributed by atoms with Crippen molar-refractivity contribution in [1.29, 1.82) is 0 Å². The lowest BCUT2D eigenvalue weighted by atomic mass is 10.1. The molecule has 0 saturated carbocycles. The maximum Gasteiger partial charge on any atom is 0.303 e. The molecule has 0 radical (unpaired) electrons. The van der Waals surface area contributed by atoms with E-state index in [1.54, 1.807) is 12.3 Å². The minimum atomic E-state index is -0.360. The topological polar surface area (TPSA) is 67.3 Å². The molecule has 1 aromatic heterocycles.